The number of hydrogen-bond donors (Lipinski definition) is 1. The van der Waals surface area contributed by atoms with Gasteiger partial charge in [0.25, 0.3) is 0 Å². The van der Waals surface area contributed by atoms with E-state index in [2.05, 4.69) is 5.32 Å². The Hall–Kier alpha value is -4.92. The molecule has 0 radical (unpaired) electrons. The number of carbonyl (C=O) groups excluding carboxylic acids is 3. The highest BCUT2D eigenvalue weighted by atomic mass is 31.2. The van der Waals surface area contributed by atoms with Crippen LogP contribution in [0.2, 0.25) is 0 Å². The minimum Gasteiger partial charge on any atom is -0.461 e. The Kier molecular flexibility index (Phi) is 12.9. The molecule has 2 atom stereocenters. The number of alkyl carbamates (subject to hydrolysis) is 1. The molecule has 1 N–H and O–H groups in total. The number of rotatable bonds is 16. The van der Waals surface area contributed by atoms with Crippen LogP contribution in [0.5, 0.6) is 5.75 Å². The van der Waals surface area contributed by atoms with E-state index in [1.54, 1.807) is 48.5 Å². The zero-order chi connectivity index (χ0) is 32.6. The van der Waals surface area contributed by atoms with Crippen molar-refractivity contribution in [2.75, 3.05) is 13.3 Å². The normalized spacial score (nSPS) is 12.6. The number of ether oxygens (including phenoxy) is 3. The highest BCUT2D eigenvalue weighted by Crippen LogP contribution is 2.48. The first-order valence-corrected chi connectivity index (χ1v) is 16.4. The van der Waals surface area contributed by atoms with Crippen molar-refractivity contribution in [2.45, 2.75) is 38.7 Å². The van der Waals surface area contributed by atoms with E-state index in [1.165, 1.54) is 7.11 Å². The monoisotopic (exact) mass is 645 g/mol. The highest BCUT2D eigenvalue weighted by Gasteiger charge is 2.31. The van der Waals surface area contributed by atoms with Gasteiger partial charge in [0.2, 0.25) is 0 Å². The number of hydrogen-bond acceptors (Lipinski definition) is 9. The number of nitrogens with one attached hydrogen (secondary N) is 1. The summed E-state index contributed by atoms with van der Waals surface area (Å²) in [5.41, 5.74) is 2.99. The minimum absolute atomic E-state index is 0.00568. The van der Waals surface area contributed by atoms with Crippen LogP contribution in [-0.4, -0.2) is 37.3 Å². The Morgan fingerprint density at radius 3 is 1.76 bits per heavy atom. The summed E-state index contributed by atoms with van der Waals surface area (Å²) in [7, 11) is -2.59. The van der Waals surface area contributed by atoms with Crippen molar-refractivity contribution < 1.29 is 42.2 Å². The molecule has 0 aliphatic heterocycles. The van der Waals surface area contributed by atoms with Gasteiger partial charge in [-0.15, -0.1) is 0 Å². The molecule has 11 heteroatoms. The average molecular weight is 646 g/mol. The Morgan fingerprint density at radius 1 is 0.674 bits per heavy atom. The van der Waals surface area contributed by atoms with Gasteiger partial charge in [0, 0.05) is 7.11 Å². The van der Waals surface area contributed by atoms with E-state index in [1.807, 2.05) is 66.7 Å². The molecule has 1 amide bonds. The van der Waals surface area contributed by atoms with Crippen molar-refractivity contribution in [2.24, 2.45) is 0 Å². The van der Waals surface area contributed by atoms with Crippen LogP contribution in [0.25, 0.3) is 0 Å². The zero-order valence-corrected chi connectivity index (χ0v) is 26.3. The summed E-state index contributed by atoms with van der Waals surface area (Å²) >= 11 is 0. The molecule has 0 saturated carbocycles. The molecule has 240 valence electrons. The molecule has 10 nitrogen and oxygen atoms in total. The molecule has 0 spiro atoms. The molecule has 0 saturated heterocycles. The first-order chi connectivity index (χ1) is 22.3. The predicted molar refractivity (Wildman–Crippen MR) is 171 cm³/mol. The van der Waals surface area contributed by atoms with Crippen molar-refractivity contribution >= 4 is 25.6 Å². The quantitative estimate of drug-likeness (QED) is 0.0813. The first kappa shape index (κ1) is 34.0. The largest absolute Gasteiger partial charge is 0.461 e. The maximum Gasteiger partial charge on any atom is 0.408 e. The topological polar surface area (TPSA) is 126 Å². The lowest BCUT2D eigenvalue weighted by molar-refractivity contribution is -0.147. The van der Waals surface area contributed by atoms with Crippen LogP contribution in [0.4, 0.5) is 4.79 Å². The van der Waals surface area contributed by atoms with Gasteiger partial charge in [0.1, 0.15) is 31.6 Å². The van der Waals surface area contributed by atoms with Crippen LogP contribution in [-0.2, 0) is 59.1 Å². The summed E-state index contributed by atoms with van der Waals surface area (Å²) in [5.74, 6) is -0.964. The van der Waals surface area contributed by atoms with E-state index in [0.29, 0.717) is 5.56 Å². The molecule has 46 heavy (non-hydrogen) atoms. The first-order valence-electron chi connectivity index (χ1n) is 14.6. The van der Waals surface area contributed by atoms with Gasteiger partial charge < -0.3 is 28.6 Å². The van der Waals surface area contributed by atoms with E-state index >= 15 is 0 Å². The zero-order valence-electron chi connectivity index (χ0n) is 25.4. The van der Waals surface area contributed by atoms with Crippen LogP contribution < -0.4 is 9.84 Å². The van der Waals surface area contributed by atoms with Crippen LogP contribution in [0.3, 0.4) is 0 Å². The van der Waals surface area contributed by atoms with Gasteiger partial charge in [-0.2, -0.15) is 0 Å². The van der Waals surface area contributed by atoms with Crippen LogP contribution in [0.1, 0.15) is 28.7 Å². The van der Waals surface area contributed by atoms with Gasteiger partial charge in [-0.25, -0.2) is 14.2 Å². The highest BCUT2D eigenvalue weighted by molar-refractivity contribution is 7.54. The second-order valence-electron chi connectivity index (χ2n) is 10.2. The van der Waals surface area contributed by atoms with Gasteiger partial charge in [-0.3, -0.25) is 4.79 Å². The van der Waals surface area contributed by atoms with Gasteiger partial charge in [0.15, 0.2) is 0 Å². The molecule has 4 aromatic carbocycles. The Morgan fingerprint density at radius 2 is 1.20 bits per heavy atom. The van der Waals surface area contributed by atoms with Crippen molar-refractivity contribution in [3.05, 3.63) is 138 Å². The summed E-state index contributed by atoms with van der Waals surface area (Å²) in [6.45, 7) is 0.127. The second-order valence-corrected chi connectivity index (χ2v) is 12.4. The van der Waals surface area contributed by atoms with Gasteiger partial charge >= 0.3 is 25.6 Å². The average Bonchev–Trinajstić information content (AvgIpc) is 3.08. The molecule has 0 aliphatic rings. The molecule has 4 rings (SSSR count). The van der Waals surface area contributed by atoms with Crippen LogP contribution in [0, 0.1) is 0 Å². The minimum atomic E-state index is -3.82. The fourth-order valence-corrected chi connectivity index (χ4v) is 5.63. The third kappa shape index (κ3) is 11.5. The van der Waals surface area contributed by atoms with E-state index in [9.17, 15) is 18.9 Å². The number of carbonyl (C=O) groups is 3. The lowest BCUT2D eigenvalue weighted by Crippen LogP contribution is -2.42. The SMILES string of the molecule is COP(=O)(CC[C@@H](NC(=O)OCc1ccccc1)C(=O)OCc1ccccc1)Oc1cccc(CC(=O)OCc2ccccc2)c1. The maximum absolute atomic E-state index is 13.6. The molecular weight excluding hydrogens is 609 g/mol. The molecule has 0 aromatic heterocycles. The lowest BCUT2D eigenvalue weighted by atomic mass is 10.1. The lowest BCUT2D eigenvalue weighted by Gasteiger charge is -2.21. The third-order valence-electron chi connectivity index (χ3n) is 6.72. The van der Waals surface area contributed by atoms with E-state index in [-0.39, 0.29) is 44.6 Å². The van der Waals surface area contributed by atoms with Crippen LogP contribution in [0.15, 0.2) is 115 Å². The maximum atomic E-state index is 13.6. The second kappa shape index (κ2) is 17.5. The number of esters is 2. The van der Waals surface area contributed by atoms with Gasteiger partial charge in [-0.1, -0.05) is 103 Å². The Bertz CT molecular complexity index is 1600. The van der Waals surface area contributed by atoms with Crippen molar-refractivity contribution in [3.8, 4) is 5.75 Å². The number of amides is 1. The fourth-order valence-electron chi connectivity index (χ4n) is 4.28. The van der Waals surface area contributed by atoms with Crippen molar-refractivity contribution in [1.29, 1.82) is 0 Å². The summed E-state index contributed by atoms with van der Waals surface area (Å²) in [6, 6.07) is 32.8. The third-order valence-corrected chi connectivity index (χ3v) is 8.57. The fraction of sp³-hybridized carbons (Fsp3) is 0.229. The van der Waals surface area contributed by atoms with E-state index in [4.69, 9.17) is 23.3 Å². The van der Waals surface area contributed by atoms with Gasteiger partial charge in [0.05, 0.1) is 12.6 Å². The summed E-state index contributed by atoms with van der Waals surface area (Å²) < 4.78 is 40.7. The summed E-state index contributed by atoms with van der Waals surface area (Å²) in [4.78, 5) is 38.1. The summed E-state index contributed by atoms with van der Waals surface area (Å²) in [5, 5.41) is 2.52. The molecule has 1 unspecified atom stereocenters. The molecule has 0 bridgehead atoms. The van der Waals surface area contributed by atoms with Crippen LogP contribution >= 0.6 is 7.60 Å². The van der Waals surface area contributed by atoms with Crippen molar-refractivity contribution in [3.63, 3.8) is 0 Å². The number of benzene rings is 4. The van der Waals surface area contributed by atoms with Gasteiger partial charge in [-0.05, 0) is 40.8 Å². The Balaban J connectivity index is 1.36. The van der Waals surface area contributed by atoms with E-state index < -0.39 is 31.7 Å². The molecule has 0 heterocycles. The summed E-state index contributed by atoms with van der Waals surface area (Å²) in [6.07, 6.45) is -1.24. The van der Waals surface area contributed by atoms with E-state index in [0.717, 1.165) is 16.7 Å². The molecule has 0 aliphatic carbocycles. The molecular formula is C35H36NO9P. The predicted octanol–water partition coefficient (Wildman–Crippen LogP) is 6.62. The smallest absolute Gasteiger partial charge is 0.408 e. The van der Waals surface area contributed by atoms with Crippen molar-refractivity contribution in [1.82, 2.24) is 5.32 Å². The Labute approximate surface area is 268 Å². The molecule has 0 fully saturated rings. The standard InChI is InChI=1S/C35H36NO9P/c1-41-46(40,45-31-19-11-18-30(22-31)23-33(37)42-24-27-12-5-2-6-13-27)21-20-32(34(38)43-25-28-14-7-3-8-15-28)36-35(39)44-26-29-16-9-4-10-17-29/h2-19,22,32H,20-21,23-26H2,1H3,(H,36,39)/t32-,46?/m1/s1. The molecule has 4 aromatic rings.